The van der Waals surface area contributed by atoms with Gasteiger partial charge in [0.25, 0.3) is 11.8 Å². The maximum Gasteiger partial charge on any atom is 0.416 e. The number of hydrogen-bond acceptors (Lipinski definition) is 21. The summed E-state index contributed by atoms with van der Waals surface area (Å²) in [6, 6.07) is 35.2. The average molecular weight is 1580 g/mol. The van der Waals surface area contributed by atoms with Gasteiger partial charge < -0.3 is 52.4 Å². The molecule has 4 aromatic carbocycles. The monoisotopic (exact) mass is 1580 g/mol. The van der Waals surface area contributed by atoms with E-state index >= 15 is 0 Å². The smallest absolute Gasteiger partial charge is 0.416 e. The molecule has 0 unspecified atom stereocenters. The molecule has 0 radical (unpaired) electrons. The summed E-state index contributed by atoms with van der Waals surface area (Å²) in [5.74, 6) is 1.54. The van der Waals surface area contributed by atoms with Crippen LogP contribution in [-0.4, -0.2) is 142 Å². The zero-order valence-electron chi connectivity index (χ0n) is 56.7. The first-order chi connectivity index (χ1) is 51.6. The third-order valence-corrected chi connectivity index (χ3v) is 18.8. The van der Waals surface area contributed by atoms with Crippen molar-refractivity contribution in [2.45, 2.75) is 81.8 Å². The Labute approximate surface area is 618 Å². The normalized spacial score (nSPS) is 16.1. The number of nitrogens with two attached hydrogens (primary N) is 3. The van der Waals surface area contributed by atoms with Crippen molar-refractivity contribution in [3.63, 3.8) is 0 Å². The lowest BCUT2D eigenvalue weighted by atomic mass is 9.97. The molecule has 3 atom stereocenters. The van der Waals surface area contributed by atoms with Crippen LogP contribution in [0.15, 0.2) is 165 Å². The first-order valence-corrected chi connectivity index (χ1v) is 34.8. The molecule has 3 aliphatic heterocycles. The summed E-state index contributed by atoms with van der Waals surface area (Å²) in [6.07, 6.45) is 1.64. The molecular formula is C72H67F6IN22O6. The molecule has 11 heterocycles. The quantitative estimate of drug-likeness (QED) is 0.0461. The molecule has 4 amide bonds. The predicted octanol–water partition coefficient (Wildman–Crippen LogP) is 11.9. The van der Waals surface area contributed by atoms with Crippen molar-refractivity contribution in [3.05, 3.63) is 219 Å². The van der Waals surface area contributed by atoms with Gasteiger partial charge in [0.15, 0.2) is 17.5 Å². The maximum absolute atomic E-state index is 13.0. The number of nitrogens with zero attached hydrogens (tertiary/aromatic N) is 16. The molecule has 550 valence electrons. The molecule has 8 aromatic heterocycles. The van der Waals surface area contributed by atoms with Gasteiger partial charge in [-0.15, -0.1) is 0 Å². The fraction of sp³-hybridized carbons (Fsp3) is 0.264. The van der Waals surface area contributed by atoms with E-state index in [1.165, 1.54) is 31.1 Å². The van der Waals surface area contributed by atoms with E-state index in [-0.39, 0.29) is 71.5 Å². The lowest BCUT2D eigenvalue weighted by Gasteiger charge is -2.31. The van der Waals surface area contributed by atoms with Crippen LogP contribution in [0.2, 0.25) is 0 Å². The molecule has 15 rings (SSSR count). The van der Waals surface area contributed by atoms with Gasteiger partial charge in [0.2, 0.25) is 0 Å². The molecule has 3 aliphatic rings. The molecule has 35 heteroatoms. The fourth-order valence-electron chi connectivity index (χ4n) is 12.8. The van der Waals surface area contributed by atoms with Crippen molar-refractivity contribution in [1.29, 1.82) is 0 Å². The summed E-state index contributed by atoms with van der Waals surface area (Å²) in [6.45, 7) is 4.35. The number of carbonyl (C=O) groups excluding carboxylic acids is 4. The molecule has 0 aliphatic carbocycles. The van der Waals surface area contributed by atoms with Gasteiger partial charge >= 0.3 is 24.5 Å². The van der Waals surface area contributed by atoms with Crippen molar-refractivity contribution in [3.8, 4) is 22.5 Å². The molecule has 0 bridgehead atoms. The molecule has 9 N–H and O–H groups in total. The number of piperidine rings is 3. The molecule has 12 aromatic rings. The van der Waals surface area contributed by atoms with Crippen molar-refractivity contribution in [2.75, 3.05) is 67.1 Å². The Balaban J connectivity index is 0.000000146. The Morgan fingerprint density at radius 1 is 0.505 bits per heavy atom. The Kier molecular flexibility index (Phi) is 22.0. The number of hydrogen-bond donors (Lipinski definition) is 6. The summed E-state index contributed by atoms with van der Waals surface area (Å²) < 4.78 is 94.8. The first kappa shape index (κ1) is 73.3. The number of pyridine rings is 2. The zero-order valence-corrected chi connectivity index (χ0v) is 58.9. The van der Waals surface area contributed by atoms with Gasteiger partial charge in [0, 0.05) is 85.1 Å². The number of likely N-dealkylation sites (tertiary alicyclic amines) is 2. The van der Waals surface area contributed by atoms with Crippen LogP contribution in [0.3, 0.4) is 0 Å². The number of ether oxygens (including phenoxy) is 2. The first-order valence-electron chi connectivity index (χ1n) is 33.8. The Morgan fingerprint density at radius 2 is 0.907 bits per heavy atom. The minimum absolute atomic E-state index is 0.0772. The summed E-state index contributed by atoms with van der Waals surface area (Å²) in [5, 5.41) is 21.2. The van der Waals surface area contributed by atoms with E-state index in [1.54, 1.807) is 59.7 Å². The van der Waals surface area contributed by atoms with Crippen molar-refractivity contribution >= 4 is 92.2 Å². The Bertz CT molecular complexity index is 5180. The number of carbonyl (C=O) groups is 4. The number of halogens is 7. The fourth-order valence-corrected chi connectivity index (χ4v) is 13.5. The van der Waals surface area contributed by atoms with Crippen LogP contribution in [-0.2, 0) is 35.0 Å². The number of amides is 4. The minimum Gasteiger partial charge on any atom is -0.445 e. The molecule has 0 saturated carbocycles. The third kappa shape index (κ3) is 17.0. The second-order valence-corrected chi connectivity index (χ2v) is 26.2. The van der Waals surface area contributed by atoms with Crippen LogP contribution in [0.5, 0.6) is 0 Å². The topological polar surface area (TPSA) is 362 Å². The number of nitrogen functional groups attached to an aromatic ring is 3. The number of benzene rings is 4. The van der Waals surface area contributed by atoms with Crippen LogP contribution < -0.4 is 33.2 Å². The van der Waals surface area contributed by atoms with E-state index in [0.29, 0.717) is 71.4 Å². The minimum atomic E-state index is -4.57. The number of imidazole rings is 3. The molecular weight excluding hydrogens is 1510 g/mol. The van der Waals surface area contributed by atoms with Gasteiger partial charge in [-0.1, -0.05) is 84.9 Å². The number of anilines is 5. The summed E-state index contributed by atoms with van der Waals surface area (Å²) >= 11 is 2.14. The second kappa shape index (κ2) is 32.1. The zero-order chi connectivity index (χ0) is 74.9. The number of nitrogens with one attached hydrogen (secondary N) is 3. The lowest BCUT2D eigenvalue weighted by molar-refractivity contribution is -0.138. The largest absolute Gasteiger partial charge is 0.445 e. The van der Waals surface area contributed by atoms with Gasteiger partial charge in [-0.25, -0.2) is 63.0 Å². The van der Waals surface area contributed by atoms with Crippen molar-refractivity contribution < 1.29 is 55.0 Å². The van der Waals surface area contributed by atoms with Crippen LogP contribution in [0.1, 0.15) is 117 Å². The molecule has 3 saturated heterocycles. The van der Waals surface area contributed by atoms with Crippen LogP contribution in [0.4, 0.5) is 65.0 Å². The van der Waals surface area contributed by atoms with Gasteiger partial charge in [-0.05, 0) is 127 Å². The van der Waals surface area contributed by atoms with E-state index in [1.807, 2.05) is 60.7 Å². The maximum atomic E-state index is 13.0. The molecule has 28 nitrogen and oxygen atoms in total. The van der Waals surface area contributed by atoms with Crippen molar-refractivity contribution in [2.24, 2.45) is 0 Å². The number of alkyl halides is 6. The third-order valence-electron chi connectivity index (χ3n) is 18.1. The number of fused-ring (bicyclic) bond motifs is 3. The second-order valence-electron chi connectivity index (χ2n) is 25.2. The highest BCUT2D eigenvalue weighted by molar-refractivity contribution is 14.1. The SMILES string of the molecule is Nc1ncnn2c([C@@H]3CCCN(C(=O)OCc4ccccc4)C3)nc(-c3ccc(C(=O)Nc4cc(C(F)(F)F)ccn4)cc3)c12.Nc1ncnn2c([C@@H]3CCCN(C(=O)OCc4ccccc4)C3)nc(I)c12.Nc1ncnn2c([C@@H]3CCCNC3)nc(-c3ccc(C(=O)Nc4cc(C(F)(F)F)ccn4)cc3)c12. The van der Waals surface area contributed by atoms with Crippen molar-refractivity contribution in [1.82, 2.24) is 83.8 Å². The molecule has 0 spiro atoms. The Morgan fingerprint density at radius 3 is 1.33 bits per heavy atom. The summed E-state index contributed by atoms with van der Waals surface area (Å²) in [7, 11) is 0. The Hall–Kier alpha value is -12.0. The van der Waals surface area contributed by atoms with E-state index in [2.05, 4.69) is 83.7 Å². The van der Waals surface area contributed by atoms with E-state index < -0.39 is 41.4 Å². The summed E-state index contributed by atoms with van der Waals surface area (Å²) in [4.78, 5) is 88.5. The molecule has 3 fully saturated rings. The highest BCUT2D eigenvalue weighted by Crippen LogP contribution is 2.38. The van der Waals surface area contributed by atoms with Crippen LogP contribution >= 0.6 is 22.6 Å². The van der Waals surface area contributed by atoms with Gasteiger partial charge in [0.05, 0.1) is 11.1 Å². The van der Waals surface area contributed by atoms with E-state index in [0.717, 1.165) is 120 Å². The van der Waals surface area contributed by atoms with E-state index in [9.17, 15) is 45.5 Å². The molecule has 107 heavy (non-hydrogen) atoms. The van der Waals surface area contributed by atoms with E-state index in [4.69, 9.17) is 36.6 Å². The van der Waals surface area contributed by atoms with Gasteiger partial charge in [-0.2, -0.15) is 41.6 Å². The highest BCUT2D eigenvalue weighted by atomic mass is 127. The highest BCUT2D eigenvalue weighted by Gasteiger charge is 2.35. The number of rotatable bonds is 13. The van der Waals surface area contributed by atoms with Gasteiger partial charge in [0.1, 0.15) is 92.9 Å². The van der Waals surface area contributed by atoms with Crippen LogP contribution in [0.25, 0.3) is 39.1 Å². The summed E-state index contributed by atoms with van der Waals surface area (Å²) in [5.41, 5.74) is 23.1. The predicted molar refractivity (Wildman–Crippen MR) is 389 cm³/mol. The average Bonchev–Trinajstić information content (AvgIpc) is 1.62. The van der Waals surface area contributed by atoms with Crippen LogP contribution in [0, 0.1) is 3.70 Å². The standard InChI is InChI=1S/C31H27F3N8O3.C23H21F3N8O.C18H19IN6O2/c32-31(33,34)23-12-13-36-24(15-23)39-29(43)21-10-8-20(9-11-21)25-26-27(35)37-18-38-42(26)28(40-25)22-7-4-14-41(16-22)30(44)45-17-19-5-2-1-3-6-19;24-23(25,26)16-7-9-29-17(10-16)32-22(35)14-5-3-13(4-6-14)18-19-20(27)30-12-31-34(19)21(33-18)15-2-1-8-28-11-15;19-15-14-16(20)21-11-22-25(14)17(23-15)13-7-4-8-24(9-13)18(26)27-10-12-5-2-1-3-6-12/h1-3,5-6,8-13,15,18,22H,4,7,14,16-17H2,(H2,35,37,38)(H,36,39,43);3-7,9-10,12,15,28H,1-2,8,11H2,(H2,27,30,31)(H,29,32,35);1-3,5-6,11,13H,4,7-10H2,(H2,20,21,22)/t22-;15-;13-/m111/s1. The number of aromatic nitrogens is 14. The lowest BCUT2D eigenvalue weighted by Crippen LogP contribution is -2.39. The van der Waals surface area contributed by atoms with Gasteiger partial charge in [-0.3, -0.25) is 9.59 Å².